The summed E-state index contributed by atoms with van der Waals surface area (Å²) < 4.78 is 7.08. The van der Waals surface area contributed by atoms with E-state index in [1.165, 1.54) is 0 Å². The van der Waals surface area contributed by atoms with Gasteiger partial charge >= 0.3 is 0 Å². The monoisotopic (exact) mass is 415 g/mol. The molecule has 0 N–H and O–H groups in total. The molecular formula is C21H33N7O2. The number of anilines is 1. The molecule has 9 heteroatoms. The number of hydrogen-bond donors (Lipinski definition) is 0. The minimum atomic E-state index is -0.0183. The summed E-state index contributed by atoms with van der Waals surface area (Å²) in [5, 5.41) is 8.63. The van der Waals surface area contributed by atoms with Crippen LogP contribution in [0.4, 0.5) is 5.69 Å². The number of rotatable bonds is 6. The highest BCUT2D eigenvalue weighted by atomic mass is 16.5. The summed E-state index contributed by atoms with van der Waals surface area (Å²) >= 11 is 0. The zero-order valence-corrected chi connectivity index (χ0v) is 18.3. The molecule has 0 aromatic carbocycles. The fourth-order valence-electron chi connectivity index (χ4n) is 4.29. The molecule has 4 heterocycles. The van der Waals surface area contributed by atoms with Crippen molar-refractivity contribution in [1.29, 1.82) is 0 Å². The second kappa shape index (κ2) is 9.26. The SMILES string of the molecule is CC(C)Cc1noc(CN2CCC[C@@H](n3ncc(N4CCN(C)CC4)cc3=O)C2)n1. The maximum atomic E-state index is 12.8. The van der Waals surface area contributed by atoms with E-state index < -0.39 is 0 Å². The van der Waals surface area contributed by atoms with E-state index in [1.54, 1.807) is 10.7 Å². The fraction of sp³-hybridized carbons (Fsp3) is 0.714. The number of likely N-dealkylation sites (N-methyl/N-ethyl adjacent to an activating group) is 1. The van der Waals surface area contributed by atoms with E-state index in [4.69, 9.17) is 4.52 Å². The predicted octanol–water partition coefficient (Wildman–Crippen LogP) is 1.41. The van der Waals surface area contributed by atoms with Crippen LogP contribution in [0.25, 0.3) is 0 Å². The third-order valence-electron chi connectivity index (χ3n) is 5.97. The molecule has 164 valence electrons. The van der Waals surface area contributed by atoms with Gasteiger partial charge < -0.3 is 14.3 Å². The van der Waals surface area contributed by atoms with E-state index in [9.17, 15) is 4.79 Å². The van der Waals surface area contributed by atoms with Crippen LogP contribution >= 0.6 is 0 Å². The van der Waals surface area contributed by atoms with Gasteiger partial charge in [0.25, 0.3) is 5.56 Å². The molecule has 2 aliphatic heterocycles. The number of nitrogens with zero attached hydrogens (tertiary/aromatic N) is 7. The maximum absolute atomic E-state index is 12.8. The van der Waals surface area contributed by atoms with Gasteiger partial charge in [0.2, 0.25) is 5.89 Å². The largest absolute Gasteiger partial charge is 0.368 e. The third-order valence-corrected chi connectivity index (χ3v) is 5.97. The number of hydrogen-bond acceptors (Lipinski definition) is 8. The van der Waals surface area contributed by atoms with Crippen molar-refractivity contribution in [3.8, 4) is 0 Å². The van der Waals surface area contributed by atoms with Crippen LogP contribution in [0.5, 0.6) is 0 Å². The number of likely N-dealkylation sites (tertiary alicyclic amines) is 1. The molecule has 0 bridgehead atoms. The van der Waals surface area contributed by atoms with Crippen LogP contribution in [0, 0.1) is 5.92 Å². The van der Waals surface area contributed by atoms with Gasteiger partial charge in [-0.25, -0.2) is 4.68 Å². The molecule has 0 aliphatic carbocycles. The van der Waals surface area contributed by atoms with E-state index in [2.05, 4.69) is 50.8 Å². The molecule has 2 fully saturated rings. The minimum Gasteiger partial charge on any atom is -0.368 e. The minimum absolute atomic E-state index is 0.0183. The van der Waals surface area contributed by atoms with Crippen molar-refractivity contribution < 1.29 is 4.52 Å². The Morgan fingerprint density at radius 3 is 2.73 bits per heavy atom. The van der Waals surface area contributed by atoms with E-state index in [-0.39, 0.29) is 11.6 Å². The molecule has 0 saturated carbocycles. The topological polar surface area (TPSA) is 83.5 Å². The first-order valence-electron chi connectivity index (χ1n) is 11.0. The van der Waals surface area contributed by atoms with Gasteiger partial charge in [0.15, 0.2) is 5.82 Å². The molecule has 0 unspecified atom stereocenters. The Labute approximate surface area is 177 Å². The van der Waals surface area contributed by atoms with Crippen molar-refractivity contribution in [2.75, 3.05) is 51.2 Å². The quantitative estimate of drug-likeness (QED) is 0.700. The lowest BCUT2D eigenvalue weighted by atomic mass is 10.1. The molecule has 0 radical (unpaired) electrons. The van der Waals surface area contributed by atoms with Crippen LogP contribution in [-0.4, -0.2) is 76.0 Å². The van der Waals surface area contributed by atoms with Gasteiger partial charge in [-0.15, -0.1) is 0 Å². The molecule has 4 rings (SSSR count). The fourth-order valence-corrected chi connectivity index (χ4v) is 4.29. The number of piperidine rings is 1. The Bertz CT molecular complexity index is 885. The second-order valence-electron chi connectivity index (χ2n) is 9.02. The van der Waals surface area contributed by atoms with Crippen molar-refractivity contribution >= 4 is 5.69 Å². The standard InChI is InChI=1S/C21H33N7O2/c1-16(2)11-19-23-20(30-24-19)15-26-6-4-5-17(14-26)28-21(29)12-18(13-22-28)27-9-7-25(3)8-10-27/h12-13,16-17H,4-11,14-15H2,1-3H3/t17-/m1/s1. The summed E-state index contributed by atoms with van der Waals surface area (Å²) in [5.74, 6) is 1.92. The normalized spacial score (nSPS) is 21.5. The molecule has 0 amide bonds. The zero-order chi connectivity index (χ0) is 21.1. The molecule has 30 heavy (non-hydrogen) atoms. The number of piperazine rings is 1. The van der Waals surface area contributed by atoms with Crippen molar-refractivity contribution in [3.63, 3.8) is 0 Å². The summed E-state index contributed by atoms with van der Waals surface area (Å²) in [6.07, 6.45) is 4.65. The smallest absolute Gasteiger partial charge is 0.269 e. The predicted molar refractivity (Wildman–Crippen MR) is 115 cm³/mol. The van der Waals surface area contributed by atoms with Gasteiger partial charge in [-0.2, -0.15) is 10.1 Å². The van der Waals surface area contributed by atoms with Crippen LogP contribution < -0.4 is 10.5 Å². The van der Waals surface area contributed by atoms with Gasteiger partial charge in [-0.05, 0) is 32.4 Å². The first-order valence-corrected chi connectivity index (χ1v) is 11.0. The van der Waals surface area contributed by atoms with E-state index in [0.29, 0.717) is 18.4 Å². The molecule has 2 aliphatic rings. The van der Waals surface area contributed by atoms with Crippen LogP contribution in [0.15, 0.2) is 21.6 Å². The number of aromatic nitrogens is 4. The van der Waals surface area contributed by atoms with Gasteiger partial charge in [0.05, 0.1) is 24.5 Å². The summed E-state index contributed by atoms with van der Waals surface area (Å²) in [4.78, 5) is 24.2. The highest BCUT2D eigenvalue weighted by molar-refractivity contribution is 5.43. The van der Waals surface area contributed by atoms with Gasteiger partial charge in [-0.1, -0.05) is 19.0 Å². The summed E-state index contributed by atoms with van der Waals surface area (Å²) in [7, 11) is 2.13. The van der Waals surface area contributed by atoms with Crippen molar-refractivity contribution in [3.05, 3.63) is 34.3 Å². The van der Waals surface area contributed by atoms with Crippen molar-refractivity contribution in [1.82, 2.24) is 29.7 Å². The Balaban J connectivity index is 1.39. The lowest BCUT2D eigenvalue weighted by Crippen LogP contribution is -2.45. The third kappa shape index (κ3) is 5.07. The molecule has 1 atom stereocenters. The highest BCUT2D eigenvalue weighted by Gasteiger charge is 2.25. The summed E-state index contributed by atoms with van der Waals surface area (Å²) in [6, 6.07) is 1.82. The Morgan fingerprint density at radius 1 is 1.20 bits per heavy atom. The Kier molecular flexibility index (Phi) is 6.48. The van der Waals surface area contributed by atoms with Crippen LogP contribution in [0.1, 0.15) is 44.4 Å². The van der Waals surface area contributed by atoms with E-state index >= 15 is 0 Å². The molecule has 2 aromatic heterocycles. The Hall–Kier alpha value is -2.26. The van der Waals surface area contributed by atoms with Crippen molar-refractivity contribution in [2.24, 2.45) is 5.92 Å². The molecule has 2 aromatic rings. The van der Waals surface area contributed by atoms with Gasteiger partial charge in [0, 0.05) is 45.2 Å². The molecule has 2 saturated heterocycles. The van der Waals surface area contributed by atoms with Crippen LogP contribution in [0.2, 0.25) is 0 Å². The van der Waals surface area contributed by atoms with Crippen molar-refractivity contribution in [2.45, 2.75) is 45.7 Å². The lowest BCUT2D eigenvalue weighted by molar-refractivity contribution is 0.144. The van der Waals surface area contributed by atoms with E-state index in [1.807, 2.05) is 6.20 Å². The molecular weight excluding hydrogens is 382 g/mol. The zero-order valence-electron chi connectivity index (χ0n) is 18.3. The highest BCUT2D eigenvalue weighted by Crippen LogP contribution is 2.22. The van der Waals surface area contributed by atoms with Gasteiger partial charge in [-0.3, -0.25) is 9.69 Å². The summed E-state index contributed by atoms with van der Waals surface area (Å²) in [6.45, 7) is 10.5. The summed E-state index contributed by atoms with van der Waals surface area (Å²) in [5.41, 5.74) is 0.913. The average Bonchev–Trinajstić information content (AvgIpc) is 3.14. The first-order chi connectivity index (χ1) is 14.5. The molecule has 9 nitrogen and oxygen atoms in total. The molecule has 0 spiro atoms. The van der Waals surface area contributed by atoms with E-state index in [0.717, 1.165) is 70.0 Å². The van der Waals surface area contributed by atoms with Crippen LogP contribution in [-0.2, 0) is 13.0 Å². The lowest BCUT2D eigenvalue weighted by Gasteiger charge is -2.34. The average molecular weight is 416 g/mol. The van der Waals surface area contributed by atoms with Gasteiger partial charge in [0.1, 0.15) is 0 Å². The maximum Gasteiger partial charge on any atom is 0.269 e. The second-order valence-corrected chi connectivity index (χ2v) is 9.02. The Morgan fingerprint density at radius 2 is 2.00 bits per heavy atom. The van der Waals surface area contributed by atoms with Crippen LogP contribution in [0.3, 0.4) is 0 Å². The first kappa shape index (κ1) is 21.0.